The molecule has 5 heteroatoms. The largest absolute Gasteiger partial charge is 0.479 e. The summed E-state index contributed by atoms with van der Waals surface area (Å²) in [5.41, 5.74) is 1.24. The fourth-order valence-electron chi connectivity index (χ4n) is 2.62. The summed E-state index contributed by atoms with van der Waals surface area (Å²) in [6.45, 7) is 3.09. The van der Waals surface area contributed by atoms with Crippen LogP contribution in [0.5, 0.6) is 5.75 Å². The van der Waals surface area contributed by atoms with E-state index in [0.717, 1.165) is 10.8 Å². The van der Waals surface area contributed by atoms with Crippen LogP contribution in [-0.2, 0) is 9.59 Å². The molecule has 0 unspecified atom stereocenters. The van der Waals surface area contributed by atoms with Crippen molar-refractivity contribution < 1.29 is 14.3 Å². The molecule has 1 atom stereocenters. The van der Waals surface area contributed by atoms with Gasteiger partial charge in [0.25, 0.3) is 5.91 Å². The molecule has 2 N–H and O–H groups in total. The van der Waals surface area contributed by atoms with Gasteiger partial charge in [-0.2, -0.15) is 0 Å². The average Bonchev–Trinajstić information content (AvgIpc) is 2.62. The molecule has 132 valence electrons. The second-order valence-electron chi connectivity index (χ2n) is 5.99. The Bertz CT molecular complexity index is 953. The molecule has 3 aromatic rings. The Hall–Kier alpha value is -3.34. The van der Waals surface area contributed by atoms with E-state index in [1.807, 2.05) is 42.5 Å². The van der Waals surface area contributed by atoms with Gasteiger partial charge in [-0.3, -0.25) is 9.59 Å². The van der Waals surface area contributed by atoms with Gasteiger partial charge in [0, 0.05) is 12.6 Å². The van der Waals surface area contributed by atoms with Crippen LogP contribution >= 0.6 is 0 Å². The highest BCUT2D eigenvalue weighted by molar-refractivity contribution is 5.97. The fourth-order valence-corrected chi connectivity index (χ4v) is 2.62. The molecule has 0 aliphatic rings. The van der Waals surface area contributed by atoms with E-state index < -0.39 is 6.10 Å². The molecular weight excluding hydrogens is 328 g/mol. The lowest BCUT2D eigenvalue weighted by Crippen LogP contribution is -2.30. The van der Waals surface area contributed by atoms with Crippen LogP contribution < -0.4 is 15.4 Å². The highest BCUT2D eigenvalue weighted by Crippen LogP contribution is 2.25. The normalized spacial score (nSPS) is 11.6. The summed E-state index contributed by atoms with van der Waals surface area (Å²) in [6.07, 6.45) is -0.726. The Morgan fingerprint density at radius 3 is 2.35 bits per heavy atom. The van der Waals surface area contributed by atoms with Crippen molar-refractivity contribution in [2.75, 3.05) is 10.6 Å². The molecule has 0 bridgehead atoms. The van der Waals surface area contributed by atoms with Gasteiger partial charge in [0.2, 0.25) is 5.91 Å². The summed E-state index contributed by atoms with van der Waals surface area (Å²) in [5, 5.41) is 7.72. The standard InChI is InChI=1S/C21H20N2O3/c1-14(26-20-10-6-5-9-19(20)22-15(2)24)21(25)23-18-12-11-16-7-3-4-8-17(16)13-18/h3-14H,1-2H3,(H,22,24)(H,23,25)/t14-/m1/s1. The number of hydrogen-bond acceptors (Lipinski definition) is 3. The number of carbonyl (C=O) groups excluding carboxylic acids is 2. The molecule has 0 aliphatic heterocycles. The number of amides is 2. The van der Waals surface area contributed by atoms with Gasteiger partial charge < -0.3 is 15.4 Å². The van der Waals surface area contributed by atoms with E-state index in [4.69, 9.17) is 4.74 Å². The Morgan fingerprint density at radius 1 is 0.885 bits per heavy atom. The lowest BCUT2D eigenvalue weighted by Gasteiger charge is -2.17. The minimum atomic E-state index is -0.726. The SMILES string of the molecule is CC(=O)Nc1ccccc1O[C@H](C)C(=O)Nc1ccc2ccccc2c1. The molecule has 3 rings (SSSR count). The van der Waals surface area contributed by atoms with Crippen molar-refractivity contribution in [3.05, 3.63) is 66.7 Å². The summed E-state index contributed by atoms with van der Waals surface area (Å²) in [4.78, 5) is 23.8. The van der Waals surface area contributed by atoms with Crippen molar-refractivity contribution in [2.24, 2.45) is 0 Å². The summed E-state index contributed by atoms with van der Waals surface area (Å²) in [6, 6.07) is 20.7. The van der Waals surface area contributed by atoms with Crippen LogP contribution in [0, 0.1) is 0 Å². The van der Waals surface area contributed by atoms with E-state index in [0.29, 0.717) is 17.1 Å². The third-order valence-corrected chi connectivity index (χ3v) is 3.89. The molecule has 0 spiro atoms. The predicted molar refractivity (Wildman–Crippen MR) is 103 cm³/mol. The Labute approximate surface area is 152 Å². The highest BCUT2D eigenvalue weighted by Gasteiger charge is 2.17. The van der Waals surface area contributed by atoms with Gasteiger partial charge >= 0.3 is 0 Å². The van der Waals surface area contributed by atoms with Gasteiger partial charge in [-0.05, 0) is 42.0 Å². The summed E-state index contributed by atoms with van der Waals surface area (Å²) in [7, 11) is 0. The van der Waals surface area contributed by atoms with Crippen LogP contribution in [0.2, 0.25) is 0 Å². The first-order valence-electron chi connectivity index (χ1n) is 8.36. The first kappa shape index (κ1) is 17.5. The number of benzene rings is 3. The van der Waals surface area contributed by atoms with E-state index in [2.05, 4.69) is 10.6 Å². The minimum Gasteiger partial charge on any atom is -0.479 e. The van der Waals surface area contributed by atoms with Crippen molar-refractivity contribution >= 4 is 34.0 Å². The third kappa shape index (κ3) is 4.19. The van der Waals surface area contributed by atoms with Crippen molar-refractivity contribution in [1.82, 2.24) is 0 Å². The van der Waals surface area contributed by atoms with Crippen molar-refractivity contribution in [3.8, 4) is 5.75 Å². The van der Waals surface area contributed by atoms with E-state index >= 15 is 0 Å². The fraction of sp³-hybridized carbons (Fsp3) is 0.143. The zero-order chi connectivity index (χ0) is 18.5. The Kier molecular flexibility index (Phi) is 5.17. The Balaban J connectivity index is 1.70. The van der Waals surface area contributed by atoms with E-state index in [1.54, 1.807) is 31.2 Å². The molecule has 0 aliphatic carbocycles. The van der Waals surface area contributed by atoms with Gasteiger partial charge in [-0.1, -0.05) is 42.5 Å². The van der Waals surface area contributed by atoms with Crippen molar-refractivity contribution in [1.29, 1.82) is 0 Å². The van der Waals surface area contributed by atoms with Gasteiger partial charge in [0.05, 0.1) is 5.69 Å². The molecule has 26 heavy (non-hydrogen) atoms. The quantitative estimate of drug-likeness (QED) is 0.726. The predicted octanol–water partition coefficient (Wildman–Crippen LogP) is 4.20. The third-order valence-electron chi connectivity index (χ3n) is 3.89. The second kappa shape index (κ2) is 7.70. The number of para-hydroxylation sites is 2. The van der Waals surface area contributed by atoms with E-state index in [9.17, 15) is 9.59 Å². The monoisotopic (exact) mass is 348 g/mol. The van der Waals surface area contributed by atoms with Crippen LogP contribution in [0.15, 0.2) is 66.7 Å². The Morgan fingerprint density at radius 2 is 1.58 bits per heavy atom. The van der Waals surface area contributed by atoms with Crippen molar-refractivity contribution in [3.63, 3.8) is 0 Å². The molecule has 0 fully saturated rings. The summed E-state index contributed by atoms with van der Waals surface area (Å²) < 4.78 is 5.74. The number of fused-ring (bicyclic) bond motifs is 1. The van der Waals surface area contributed by atoms with Gasteiger partial charge in [0.15, 0.2) is 6.10 Å². The molecule has 0 saturated carbocycles. The molecule has 3 aromatic carbocycles. The molecule has 0 radical (unpaired) electrons. The lowest BCUT2D eigenvalue weighted by molar-refractivity contribution is -0.122. The number of ether oxygens (including phenoxy) is 1. The first-order chi connectivity index (χ1) is 12.5. The zero-order valence-electron chi connectivity index (χ0n) is 14.7. The molecule has 5 nitrogen and oxygen atoms in total. The van der Waals surface area contributed by atoms with Gasteiger partial charge in [-0.25, -0.2) is 0 Å². The van der Waals surface area contributed by atoms with Crippen LogP contribution in [0.1, 0.15) is 13.8 Å². The maximum atomic E-state index is 12.5. The number of carbonyl (C=O) groups is 2. The molecule has 0 saturated heterocycles. The molecule has 2 amide bonds. The number of nitrogens with one attached hydrogen (secondary N) is 2. The van der Waals surface area contributed by atoms with Crippen LogP contribution in [0.4, 0.5) is 11.4 Å². The summed E-state index contributed by atoms with van der Waals surface area (Å²) in [5.74, 6) is -0.0175. The average molecular weight is 348 g/mol. The molecule has 0 heterocycles. The van der Waals surface area contributed by atoms with Crippen LogP contribution in [-0.4, -0.2) is 17.9 Å². The van der Waals surface area contributed by atoms with Crippen molar-refractivity contribution in [2.45, 2.75) is 20.0 Å². The maximum Gasteiger partial charge on any atom is 0.265 e. The van der Waals surface area contributed by atoms with Crippen LogP contribution in [0.25, 0.3) is 10.8 Å². The zero-order valence-corrected chi connectivity index (χ0v) is 14.7. The van der Waals surface area contributed by atoms with Crippen LogP contribution in [0.3, 0.4) is 0 Å². The highest BCUT2D eigenvalue weighted by atomic mass is 16.5. The number of rotatable bonds is 5. The summed E-state index contributed by atoms with van der Waals surface area (Å²) >= 11 is 0. The van der Waals surface area contributed by atoms with Gasteiger partial charge in [-0.15, -0.1) is 0 Å². The van der Waals surface area contributed by atoms with E-state index in [-0.39, 0.29) is 11.8 Å². The first-order valence-corrected chi connectivity index (χ1v) is 8.36. The number of hydrogen-bond donors (Lipinski definition) is 2. The smallest absolute Gasteiger partial charge is 0.265 e. The minimum absolute atomic E-state index is 0.200. The van der Waals surface area contributed by atoms with E-state index in [1.165, 1.54) is 6.92 Å². The topological polar surface area (TPSA) is 67.4 Å². The van der Waals surface area contributed by atoms with Gasteiger partial charge in [0.1, 0.15) is 5.75 Å². The molecule has 0 aromatic heterocycles. The second-order valence-corrected chi connectivity index (χ2v) is 5.99. The molecular formula is C21H20N2O3. The lowest BCUT2D eigenvalue weighted by atomic mass is 10.1. The maximum absolute atomic E-state index is 12.5. The number of anilines is 2.